The number of thioether (sulfide) groups is 1. The lowest BCUT2D eigenvalue weighted by Crippen LogP contribution is -2.39. The van der Waals surface area contributed by atoms with Crippen molar-refractivity contribution in [1.82, 2.24) is 20.5 Å². The number of amides is 1. The summed E-state index contributed by atoms with van der Waals surface area (Å²) in [5.74, 6) is 0.819. The summed E-state index contributed by atoms with van der Waals surface area (Å²) in [7, 11) is 0. The van der Waals surface area contributed by atoms with Crippen LogP contribution in [0.25, 0.3) is 0 Å². The van der Waals surface area contributed by atoms with Crippen molar-refractivity contribution in [3.05, 3.63) is 11.6 Å². The minimum atomic E-state index is -0.169. The molecule has 0 aromatic carbocycles. The summed E-state index contributed by atoms with van der Waals surface area (Å²) in [5.41, 5.74) is -0.124. The van der Waals surface area contributed by atoms with Crippen molar-refractivity contribution in [1.29, 1.82) is 0 Å². The molecule has 1 saturated carbocycles. The molecule has 0 saturated heterocycles. The molecule has 1 aromatic heterocycles. The normalized spacial score (nSPS) is 23.6. The van der Waals surface area contributed by atoms with Gasteiger partial charge in [0.1, 0.15) is 5.82 Å². The topological polar surface area (TPSA) is 70.7 Å². The van der Waals surface area contributed by atoms with Crippen molar-refractivity contribution in [3.63, 3.8) is 0 Å². The zero-order chi connectivity index (χ0) is 14.0. The number of hydrogen-bond donors (Lipinski definition) is 2. The van der Waals surface area contributed by atoms with E-state index < -0.39 is 0 Å². The Morgan fingerprint density at radius 2 is 2.16 bits per heavy atom. The number of rotatable bonds is 3. The summed E-state index contributed by atoms with van der Waals surface area (Å²) in [6.45, 7) is 6.11. The molecule has 1 aliphatic carbocycles. The number of hydrogen-bond acceptors (Lipinski definition) is 4. The molecule has 0 spiro atoms. The summed E-state index contributed by atoms with van der Waals surface area (Å²) in [5, 5.41) is 10.4. The predicted octanol–water partition coefficient (Wildman–Crippen LogP) is 2.12. The molecule has 0 aliphatic heterocycles. The van der Waals surface area contributed by atoms with E-state index >= 15 is 0 Å². The van der Waals surface area contributed by atoms with E-state index in [1.54, 1.807) is 0 Å². The van der Waals surface area contributed by atoms with Gasteiger partial charge in [-0.2, -0.15) is 11.8 Å². The largest absolute Gasteiger partial charge is 0.345 e. The van der Waals surface area contributed by atoms with Gasteiger partial charge in [0.05, 0.1) is 0 Å². The van der Waals surface area contributed by atoms with Crippen molar-refractivity contribution in [3.8, 4) is 0 Å². The van der Waals surface area contributed by atoms with Crippen molar-refractivity contribution < 1.29 is 4.79 Å². The van der Waals surface area contributed by atoms with Crippen LogP contribution in [0, 0.1) is 0 Å². The molecule has 1 aromatic rings. The summed E-state index contributed by atoms with van der Waals surface area (Å²) in [4.78, 5) is 16.4. The molecule has 6 heteroatoms. The first-order valence-electron chi connectivity index (χ1n) is 6.68. The monoisotopic (exact) mass is 282 g/mol. The number of aromatic amines is 1. The molecule has 2 unspecified atom stereocenters. The summed E-state index contributed by atoms with van der Waals surface area (Å²) in [6.07, 6.45) is 5.50. The van der Waals surface area contributed by atoms with Crippen LogP contribution < -0.4 is 5.32 Å². The number of nitrogens with zero attached hydrogens (tertiary/aromatic N) is 2. The van der Waals surface area contributed by atoms with Gasteiger partial charge in [-0.1, -0.05) is 27.2 Å². The summed E-state index contributed by atoms with van der Waals surface area (Å²) < 4.78 is 0. The van der Waals surface area contributed by atoms with Gasteiger partial charge in [-0.3, -0.25) is 9.89 Å². The highest BCUT2D eigenvalue weighted by molar-refractivity contribution is 7.99. The maximum atomic E-state index is 12.1. The van der Waals surface area contributed by atoms with E-state index in [0.717, 1.165) is 12.2 Å². The molecule has 1 amide bonds. The van der Waals surface area contributed by atoms with E-state index in [0.29, 0.717) is 5.25 Å². The quantitative estimate of drug-likeness (QED) is 0.891. The smallest absolute Gasteiger partial charge is 0.291 e. The fraction of sp³-hybridized carbons (Fsp3) is 0.769. The van der Waals surface area contributed by atoms with Crippen LogP contribution in [-0.4, -0.2) is 38.6 Å². The molecule has 0 bridgehead atoms. The van der Waals surface area contributed by atoms with Gasteiger partial charge in [-0.25, -0.2) is 4.98 Å². The van der Waals surface area contributed by atoms with Crippen molar-refractivity contribution in [2.75, 3.05) is 6.26 Å². The highest BCUT2D eigenvalue weighted by Gasteiger charge is 2.29. The SMILES string of the molecule is CSC1CCCC1NC(=O)c1n[nH]c(C(C)(C)C)n1. The first-order valence-corrected chi connectivity index (χ1v) is 7.97. The molecule has 2 atom stereocenters. The van der Waals surface area contributed by atoms with Crippen LogP contribution in [0.4, 0.5) is 0 Å². The lowest BCUT2D eigenvalue weighted by atomic mass is 9.96. The number of H-pyrrole nitrogens is 1. The Morgan fingerprint density at radius 3 is 2.74 bits per heavy atom. The second-order valence-electron chi connectivity index (χ2n) is 6.04. The van der Waals surface area contributed by atoms with Crippen molar-refractivity contribution in [2.24, 2.45) is 0 Å². The molecule has 0 radical (unpaired) electrons. The Kier molecular flexibility index (Phi) is 4.18. The van der Waals surface area contributed by atoms with Gasteiger partial charge >= 0.3 is 0 Å². The van der Waals surface area contributed by atoms with Gasteiger partial charge < -0.3 is 5.32 Å². The zero-order valence-corrected chi connectivity index (χ0v) is 12.8. The van der Waals surface area contributed by atoms with Crippen LogP contribution in [0.1, 0.15) is 56.5 Å². The minimum Gasteiger partial charge on any atom is -0.345 e. The van der Waals surface area contributed by atoms with E-state index in [1.807, 2.05) is 32.5 Å². The lowest BCUT2D eigenvalue weighted by Gasteiger charge is -2.18. The van der Waals surface area contributed by atoms with Crippen LogP contribution in [0.3, 0.4) is 0 Å². The summed E-state index contributed by atoms with van der Waals surface area (Å²) in [6, 6.07) is 0.249. The van der Waals surface area contributed by atoms with Gasteiger partial charge in [0.25, 0.3) is 5.91 Å². The van der Waals surface area contributed by atoms with E-state index in [4.69, 9.17) is 0 Å². The second-order valence-corrected chi connectivity index (χ2v) is 7.12. The number of aromatic nitrogens is 3. The summed E-state index contributed by atoms with van der Waals surface area (Å²) >= 11 is 1.82. The molecule has 2 rings (SSSR count). The number of nitrogens with one attached hydrogen (secondary N) is 2. The van der Waals surface area contributed by atoms with Crippen LogP contribution in [0.15, 0.2) is 0 Å². The molecular weight excluding hydrogens is 260 g/mol. The fourth-order valence-electron chi connectivity index (χ4n) is 2.30. The molecule has 2 N–H and O–H groups in total. The molecule has 106 valence electrons. The van der Waals surface area contributed by atoms with Gasteiger partial charge in [0.2, 0.25) is 5.82 Å². The zero-order valence-electron chi connectivity index (χ0n) is 12.0. The average molecular weight is 282 g/mol. The maximum absolute atomic E-state index is 12.1. The van der Waals surface area contributed by atoms with E-state index in [-0.39, 0.29) is 23.2 Å². The van der Waals surface area contributed by atoms with Crippen LogP contribution in [-0.2, 0) is 5.41 Å². The third-order valence-electron chi connectivity index (χ3n) is 3.47. The van der Waals surface area contributed by atoms with Crippen LogP contribution in [0.5, 0.6) is 0 Å². The predicted molar refractivity (Wildman–Crippen MR) is 77.5 cm³/mol. The lowest BCUT2D eigenvalue weighted by molar-refractivity contribution is 0.0928. The van der Waals surface area contributed by atoms with E-state index in [9.17, 15) is 4.79 Å². The Labute approximate surface area is 118 Å². The standard InChI is InChI=1S/C13H22N4OS/c1-13(2,3)12-15-10(16-17-12)11(18)14-8-6-5-7-9(8)19-4/h8-9H,5-7H2,1-4H3,(H,14,18)(H,15,16,17). The maximum Gasteiger partial charge on any atom is 0.291 e. The second kappa shape index (κ2) is 5.53. The molecule has 1 fully saturated rings. The third kappa shape index (κ3) is 3.29. The first kappa shape index (κ1) is 14.4. The molecule has 1 heterocycles. The van der Waals surface area contributed by atoms with E-state index in [2.05, 4.69) is 26.8 Å². The van der Waals surface area contributed by atoms with Crippen LogP contribution >= 0.6 is 11.8 Å². The minimum absolute atomic E-state index is 0.124. The Morgan fingerprint density at radius 1 is 1.42 bits per heavy atom. The number of carbonyl (C=O) groups excluding carboxylic acids is 1. The van der Waals surface area contributed by atoms with Crippen molar-refractivity contribution in [2.45, 2.75) is 56.7 Å². The number of carbonyl (C=O) groups is 1. The van der Waals surface area contributed by atoms with Gasteiger partial charge in [-0.15, -0.1) is 5.10 Å². The Bertz CT molecular complexity index is 452. The van der Waals surface area contributed by atoms with Crippen molar-refractivity contribution >= 4 is 17.7 Å². The van der Waals surface area contributed by atoms with Gasteiger partial charge in [0.15, 0.2) is 0 Å². The average Bonchev–Trinajstić information content (AvgIpc) is 2.95. The van der Waals surface area contributed by atoms with Gasteiger partial charge in [0, 0.05) is 16.7 Å². The Balaban J connectivity index is 2.02. The fourth-order valence-corrected chi connectivity index (χ4v) is 3.24. The van der Waals surface area contributed by atoms with E-state index in [1.165, 1.54) is 12.8 Å². The molecule has 5 nitrogen and oxygen atoms in total. The highest BCUT2D eigenvalue weighted by atomic mass is 32.2. The molecule has 1 aliphatic rings. The highest BCUT2D eigenvalue weighted by Crippen LogP contribution is 2.28. The first-order chi connectivity index (χ1) is 8.91. The molecular formula is C13H22N4OS. The molecule has 19 heavy (non-hydrogen) atoms. The third-order valence-corrected chi connectivity index (χ3v) is 4.64. The van der Waals surface area contributed by atoms with Crippen LogP contribution in [0.2, 0.25) is 0 Å². The Hall–Kier alpha value is -1.04. The van der Waals surface area contributed by atoms with Gasteiger partial charge in [-0.05, 0) is 19.1 Å².